The second-order valence-corrected chi connectivity index (χ2v) is 15.8. The first-order valence-corrected chi connectivity index (χ1v) is 20.8. The third kappa shape index (κ3) is 5.15. The molecule has 290 valence electrons. The minimum absolute atomic E-state index is 0.220. The lowest BCUT2D eigenvalue weighted by Crippen LogP contribution is -2.14. The van der Waals surface area contributed by atoms with Gasteiger partial charge in [0.2, 0.25) is 0 Å². The summed E-state index contributed by atoms with van der Waals surface area (Å²) in [5, 5.41) is 41.1. The molecule has 0 aliphatic heterocycles. The van der Waals surface area contributed by atoms with Crippen molar-refractivity contribution in [2.75, 3.05) is 0 Å². The van der Waals surface area contributed by atoms with Crippen molar-refractivity contribution in [3.05, 3.63) is 211 Å². The lowest BCUT2D eigenvalue weighted by Gasteiger charge is -2.23. The molecule has 0 unspecified atom stereocenters. The van der Waals surface area contributed by atoms with E-state index in [0.717, 1.165) is 87.7 Å². The lowest BCUT2D eigenvalue weighted by molar-refractivity contribution is 1.06. The Kier molecular flexibility index (Phi) is 7.93. The van der Waals surface area contributed by atoms with Crippen molar-refractivity contribution in [3.63, 3.8) is 0 Å². The Morgan fingerprint density at radius 2 is 0.524 bits per heavy atom. The summed E-state index contributed by atoms with van der Waals surface area (Å²) in [6.07, 6.45) is 0. The maximum Gasteiger partial charge on any atom is 0.104 e. The van der Waals surface area contributed by atoms with E-state index < -0.39 is 0 Å². The Labute approximate surface area is 361 Å². The highest BCUT2D eigenvalue weighted by molar-refractivity contribution is 6.14. The normalized spacial score (nSPS) is 11.4. The van der Waals surface area contributed by atoms with Crippen LogP contribution in [0.15, 0.2) is 194 Å². The van der Waals surface area contributed by atoms with Crippen LogP contribution in [0.5, 0.6) is 0 Å². The molecule has 12 aromatic rings. The van der Waals surface area contributed by atoms with Crippen molar-refractivity contribution in [2.45, 2.75) is 0 Å². The van der Waals surface area contributed by atoms with Crippen LogP contribution >= 0.6 is 0 Å². The first kappa shape index (κ1) is 35.8. The molecular weight excluding hydrogens is 769 g/mol. The van der Waals surface area contributed by atoms with E-state index in [2.05, 4.69) is 117 Å². The molecule has 3 aromatic heterocycles. The molecule has 0 saturated carbocycles. The summed E-state index contributed by atoms with van der Waals surface area (Å²) in [6.45, 7) is 0. The van der Waals surface area contributed by atoms with Crippen LogP contribution < -0.4 is 0 Å². The minimum atomic E-state index is 0.220. The molecule has 0 aliphatic carbocycles. The average molecular weight is 801 g/mol. The Morgan fingerprint density at radius 3 is 0.825 bits per heavy atom. The predicted octanol–water partition coefficient (Wildman–Crippen LogP) is 13.9. The topological polar surface area (TPSA) is 86.2 Å². The standard InChI is InChI=1S/C57H32N6/c58-33-46-55(61-49-23-11-7-19-40(49)41-20-8-12-24-50(41)61)47(34-59)57(48(35-60)56(46)62-51-25-13-9-21-42(51)43-22-10-14-26-52(43)62)63-53-29-27-38(36-15-3-1-4-16-36)31-44(53)45-32-39(28-30-54(45)63)37-17-5-2-6-18-37/h1-32H. The number of nitriles is 3. The van der Waals surface area contributed by atoms with Gasteiger partial charge in [0, 0.05) is 32.3 Å². The van der Waals surface area contributed by atoms with Gasteiger partial charge in [-0.05, 0) is 70.8 Å². The van der Waals surface area contributed by atoms with Gasteiger partial charge in [-0.15, -0.1) is 0 Å². The van der Waals surface area contributed by atoms with Crippen LogP contribution in [0.2, 0.25) is 0 Å². The van der Waals surface area contributed by atoms with Gasteiger partial charge in [0.25, 0.3) is 0 Å². The molecule has 3 heterocycles. The van der Waals surface area contributed by atoms with Gasteiger partial charge in [-0.2, -0.15) is 15.8 Å². The summed E-state index contributed by atoms with van der Waals surface area (Å²) in [7, 11) is 0. The Bertz CT molecular complexity index is 3640. The number of hydrogen-bond acceptors (Lipinski definition) is 3. The zero-order valence-corrected chi connectivity index (χ0v) is 33.7. The molecular formula is C57H32N6. The summed E-state index contributed by atoms with van der Waals surface area (Å²) in [4.78, 5) is 0. The fourth-order valence-electron chi connectivity index (χ4n) is 9.91. The second-order valence-electron chi connectivity index (χ2n) is 15.8. The van der Waals surface area contributed by atoms with Crippen molar-refractivity contribution >= 4 is 65.4 Å². The largest absolute Gasteiger partial charge is 0.306 e. The smallest absolute Gasteiger partial charge is 0.104 e. The van der Waals surface area contributed by atoms with E-state index in [4.69, 9.17) is 0 Å². The van der Waals surface area contributed by atoms with Gasteiger partial charge < -0.3 is 13.7 Å². The van der Waals surface area contributed by atoms with E-state index >= 15 is 0 Å². The van der Waals surface area contributed by atoms with Crippen LogP contribution in [0, 0.1) is 34.0 Å². The molecule has 0 amide bonds. The molecule has 0 aliphatic rings. The lowest BCUT2D eigenvalue weighted by atomic mass is 9.96. The average Bonchev–Trinajstić information content (AvgIpc) is 3.98. The highest BCUT2D eigenvalue weighted by Gasteiger charge is 2.32. The van der Waals surface area contributed by atoms with Crippen molar-refractivity contribution in [1.29, 1.82) is 15.8 Å². The fourth-order valence-corrected chi connectivity index (χ4v) is 9.91. The fraction of sp³-hybridized carbons (Fsp3) is 0. The SMILES string of the molecule is N#Cc1c(-n2c3ccccc3c3ccccc32)c(C#N)c(-n2c3ccc(-c4ccccc4)cc3c3cc(-c4ccccc4)ccc32)c(C#N)c1-n1c2ccccc2c2ccccc21. The third-order valence-electron chi connectivity index (χ3n) is 12.6. The van der Waals surface area contributed by atoms with E-state index in [1.54, 1.807) is 0 Å². The Morgan fingerprint density at radius 1 is 0.254 bits per heavy atom. The zero-order valence-electron chi connectivity index (χ0n) is 33.7. The zero-order chi connectivity index (χ0) is 42.2. The van der Waals surface area contributed by atoms with Crippen LogP contribution in [0.1, 0.15) is 16.7 Å². The number of aromatic nitrogens is 3. The van der Waals surface area contributed by atoms with Gasteiger partial charge in [-0.1, -0.05) is 146 Å². The molecule has 0 radical (unpaired) electrons. The summed E-state index contributed by atoms with van der Waals surface area (Å²) >= 11 is 0. The molecule has 0 spiro atoms. The van der Waals surface area contributed by atoms with Crippen LogP contribution in [0.4, 0.5) is 0 Å². The number of benzene rings is 9. The molecule has 0 saturated heterocycles. The molecule has 0 atom stereocenters. The molecule has 9 aromatic carbocycles. The quantitative estimate of drug-likeness (QED) is 0.174. The van der Waals surface area contributed by atoms with E-state index in [0.29, 0.717) is 17.1 Å². The summed E-state index contributed by atoms with van der Waals surface area (Å²) in [6, 6.07) is 73.7. The molecule has 63 heavy (non-hydrogen) atoms. The summed E-state index contributed by atoms with van der Waals surface area (Å²) < 4.78 is 6.19. The van der Waals surface area contributed by atoms with Gasteiger partial charge >= 0.3 is 0 Å². The first-order valence-electron chi connectivity index (χ1n) is 20.8. The number of para-hydroxylation sites is 4. The summed E-state index contributed by atoms with van der Waals surface area (Å²) in [5.74, 6) is 0. The van der Waals surface area contributed by atoms with E-state index in [1.165, 1.54) is 0 Å². The van der Waals surface area contributed by atoms with Crippen LogP contribution in [-0.4, -0.2) is 13.7 Å². The molecule has 12 rings (SSSR count). The molecule has 6 heteroatoms. The highest BCUT2D eigenvalue weighted by atomic mass is 15.1. The number of hydrogen-bond donors (Lipinski definition) is 0. The Hall–Kier alpha value is -9.15. The van der Waals surface area contributed by atoms with Gasteiger partial charge in [0.1, 0.15) is 34.9 Å². The Balaban J connectivity index is 1.32. The molecule has 0 N–H and O–H groups in total. The van der Waals surface area contributed by atoms with E-state index in [1.807, 2.05) is 109 Å². The van der Waals surface area contributed by atoms with E-state index in [-0.39, 0.29) is 16.7 Å². The van der Waals surface area contributed by atoms with E-state index in [9.17, 15) is 15.8 Å². The second kappa shape index (κ2) is 14.0. The monoisotopic (exact) mass is 800 g/mol. The van der Waals surface area contributed by atoms with Gasteiger partial charge in [0.15, 0.2) is 0 Å². The first-order chi connectivity index (χ1) is 31.2. The maximum absolute atomic E-state index is 11.8. The minimum Gasteiger partial charge on any atom is -0.306 e. The number of fused-ring (bicyclic) bond motifs is 9. The number of nitrogens with zero attached hydrogens (tertiary/aromatic N) is 6. The third-order valence-corrected chi connectivity index (χ3v) is 12.6. The summed E-state index contributed by atoms with van der Waals surface area (Å²) in [5.41, 5.74) is 11.2. The molecule has 6 nitrogen and oxygen atoms in total. The van der Waals surface area contributed by atoms with Gasteiger partial charge in [0.05, 0.1) is 50.2 Å². The molecule has 0 fully saturated rings. The van der Waals surface area contributed by atoms with Crippen LogP contribution in [0.25, 0.3) is 105 Å². The van der Waals surface area contributed by atoms with Crippen molar-refractivity contribution < 1.29 is 0 Å². The van der Waals surface area contributed by atoms with Crippen LogP contribution in [-0.2, 0) is 0 Å². The van der Waals surface area contributed by atoms with Crippen molar-refractivity contribution in [1.82, 2.24) is 13.7 Å². The number of rotatable bonds is 5. The van der Waals surface area contributed by atoms with Crippen LogP contribution in [0.3, 0.4) is 0 Å². The van der Waals surface area contributed by atoms with Gasteiger partial charge in [-0.3, -0.25) is 0 Å². The van der Waals surface area contributed by atoms with Gasteiger partial charge in [-0.25, -0.2) is 0 Å². The van der Waals surface area contributed by atoms with Crippen molar-refractivity contribution in [2.24, 2.45) is 0 Å². The predicted molar refractivity (Wildman–Crippen MR) is 254 cm³/mol. The molecule has 0 bridgehead atoms. The maximum atomic E-state index is 11.8. The van der Waals surface area contributed by atoms with Crippen molar-refractivity contribution in [3.8, 4) is 57.5 Å². The highest BCUT2D eigenvalue weighted by Crippen LogP contribution is 2.46.